The van der Waals surface area contributed by atoms with Crippen molar-refractivity contribution in [3.8, 4) is 0 Å². The van der Waals surface area contributed by atoms with E-state index in [0.717, 1.165) is 17.3 Å². The number of aryl methyl sites for hydroxylation is 2. The molecule has 0 fully saturated rings. The van der Waals surface area contributed by atoms with Crippen LogP contribution in [0.15, 0.2) is 24.4 Å². The molecule has 1 aromatic heterocycles. The fourth-order valence-electron chi connectivity index (χ4n) is 1.88. The normalized spacial score (nSPS) is 10.9. The van der Waals surface area contributed by atoms with Crippen molar-refractivity contribution in [1.29, 1.82) is 0 Å². The Bertz CT molecular complexity index is 529. The molecular formula is C13H15F2N3. The molecule has 1 aromatic carbocycles. The lowest BCUT2D eigenvalue weighted by molar-refractivity contribution is 0.575. The maximum Gasteiger partial charge on any atom is 0.126 e. The fraction of sp³-hybridized carbons (Fsp3) is 0.308. The van der Waals surface area contributed by atoms with E-state index in [0.29, 0.717) is 18.7 Å². The Morgan fingerprint density at radius 2 is 1.83 bits per heavy atom. The molecule has 0 unspecified atom stereocenters. The molecule has 0 radical (unpaired) electrons. The first-order valence-corrected chi connectivity index (χ1v) is 5.69. The molecule has 0 aliphatic heterocycles. The Kier molecular flexibility index (Phi) is 3.72. The van der Waals surface area contributed by atoms with Gasteiger partial charge >= 0.3 is 0 Å². The molecule has 0 aliphatic carbocycles. The summed E-state index contributed by atoms with van der Waals surface area (Å²) in [7, 11) is 1.86. The highest BCUT2D eigenvalue weighted by Crippen LogP contribution is 2.09. The highest BCUT2D eigenvalue weighted by Gasteiger charge is 2.03. The van der Waals surface area contributed by atoms with Gasteiger partial charge in [0.05, 0.1) is 5.69 Å². The van der Waals surface area contributed by atoms with Crippen molar-refractivity contribution in [2.24, 2.45) is 7.05 Å². The number of rotatable bonds is 4. The molecule has 2 aromatic rings. The molecule has 0 bridgehead atoms. The molecule has 0 saturated heterocycles. The van der Waals surface area contributed by atoms with Gasteiger partial charge in [-0.2, -0.15) is 5.10 Å². The lowest BCUT2D eigenvalue weighted by Crippen LogP contribution is -2.13. The van der Waals surface area contributed by atoms with Gasteiger partial charge in [0.2, 0.25) is 0 Å². The minimum absolute atomic E-state index is 0.420. The van der Waals surface area contributed by atoms with Gasteiger partial charge in [0.25, 0.3) is 0 Å². The summed E-state index contributed by atoms with van der Waals surface area (Å²) < 4.78 is 27.7. The number of nitrogens with zero attached hydrogens (tertiary/aromatic N) is 2. The Labute approximate surface area is 104 Å². The van der Waals surface area contributed by atoms with Gasteiger partial charge in [-0.3, -0.25) is 4.68 Å². The van der Waals surface area contributed by atoms with Gasteiger partial charge in [-0.15, -0.1) is 0 Å². The molecule has 18 heavy (non-hydrogen) atoms. The van der Waals surface area contributed by atoms with Crippen molar-refractivity contribution in [3.05, 3.63) is 52.9 Å². The maximum atomic E-state index is 13.0. The zero-order valence-corrected chi connectivity index (χ0v) is 10.4. The molecule has 1 heterocycles. The minimum Gasteiger partial charge on any atom is -0.308 e. The Morgan fingerprint density at radius 1 is 1.17 bits per heavy atom. The minimum atomic E-state index is -0.552. The largest absolute Gasteiger partial charge is 0.308 e. The molecule has 96 valence electrons. The molecule has 0 spiro atoms. The van der Waals surface area contributed by atoms with Crippen LogP contribution in [0.4, 0.5) is 8.78 Å². The Morgan fingerprint density at radius 3 is 2.39 bits per heavy atom. The van der Waals surface area contributed by atoms with Gasteiger partial charge in [0, 0.05) is 38.0 Å². The van der Waals surface area contributed by atoms with Crippen molar-refractivity contribution >= 4 is 0 Å². The third kappa shape index (κ3) is 3.13. The summed E-state index contributed by atoms with van der Waals surface area (Å²) in [4.78, 5) is 0. The lowest BCUT2D eigenvalue weighted by atomic mass is 10.2. The summed E-state index contributed by atoms with van der Waals surface area (Å²) in [5.74, 6) is -1.10. The van der Waals surface area contributed by atoms with E-state index in [9.17, 15) is 8.78 Å². The van der Waals surface area contributed by atoms with Crippen molar-refractivity contribution in [1.82, 2.24) is 15.1 Å². The van der Waals surface area contributed by atoms with Gasteiger partial charge < -0.3 is 5.32 Å². The van der Waals surface area contributed by atoms with E-state index in [1.807, 2.05) is 20.2 Å². The SMILES string of the molecule is Cc1nn(C)cc1CNCc1cc(F)cc(F)c1. The van der Waals surface area contributed by atoms with E-state index in [4.69, 9.17) is 0 Å². The number of hydrogen-bond donors (Lipinski definition) is 1. The van der Waals surface area contributed by atoms with E-state index >= 15 is 0 Å². The van der Waals surface area contributed by atoms with Crippen molar-refractivity contribution in [2.75, 3.05) is 0 Å². The Hall–Kier alpha value is -1.75. The summed E-state index contributed by atoms with van der Waals surface area (Å²) in [5, 5.41) is 7.36. The molecule has 1 N–H and O–H groups in total. The van der Waals surface area contributed by atoms with E-state index < -0.39 is 11.6 Å². The van der Waals surface area contributed by atoms with Crippen molar-refractivity contribution in [3.63, 3.8) is 0 Å². The van der Waals surface area contributed by atoms with E-state index in [-0.39, 0.29) is 0 Å². The number of aromatic nitrogens is 2. The topological polar surface area (TPSA) is 29.9 Å². The fourth-order valence-corrected chi connectivity index (χ4v) is 1.88. The van der Waals surface area contributed by atoms with Crippen LogP contribution in [0.5, 0.6) is 0 Å². The van der Waals surface area contributed by atoms with Gasteiger partial charge in [0.1, 0.15) is 11.6 Å². The predicted octanol–water partition coefficient (Wildman–Crippen LogP) is 2.30. The third-order valence-electron chi connectivity index (χ3n) is 2.68. The van der Waals surface area contributed by atoms with Crippen LogP contribution in [0.25, 0.3) is 0 Å². The van der Waals surface area contributed by atoms with Crippen LogP contribution >= 0.6 is 0 Å². The summed E-state index contributed by atoms with van der Waals surface area (Å²) >= 11 is 0. The summed E-state index contributed by atoms with van der Waals surface area (Å²) in [5.41, 5.74) is 2.62. The van der Waals surface area contributed by atoms with Crippen LogP contribution in [-0.2, 0) is 20.1 Å². The number of halogens is 2. The first-order chi connectivity index (χ1) is 8.54. The van der Waals surface area contributed by atoms with Crippen molar-refractivity contribution in [2.45, 2.75) is 20.0 Å². The van der Waals surface area contributed by atoms with Crippen LogP contribution < -0.4 is 5.32 Å². The maximum absolute atomic E-state index is 13.0. The average Bonchev–Trinajstić information content (AvgIpc) is 2.56. The second-order valence-electron chi connectivity index (χ2n) is 4.29. The van der Waals surface area contributed by atoms with E-state index in [1.54, 1.807) is 4.68 Å². The summed E-state index contributed by atoms with van der Waals surface area (Å²) in [6, 6.07) is 3.52. The molecule has 0 saturated carbocycles. The zero-order valence-electron chi connectivity index (χ0n) is 10.4. The van der Waals surface area contributed by atoms with Gasteiger partial charge in [-0.1, -0.05) is 0 Å². The first-order valence-electron chi connectivity index (χ1n) is 5.69. The summed E-state index contributed by atoms with van der Waals surface area (Å²) in [6.45, 7) is 2.97. The van der Waals surface area contributed by atoms with Crippen LogP contribution in [0.3, 0.4) is 0 Å². The number of nitrogens with one attached hydrogen (secondary N) is 1. The quantitative estimate of drug-likeness (QED) is 0.903. The highest BCUT2D eigenvalue weighted by atomic mass is 19.1. The van der Waals surface area contributed by atoms with Crippen LogP contribution in [-0.4, -0.2) is 9.78 Å². The predicted molar refractivity (Wildman–Crippen MR) is 64.8 cm³/mol. The molecular weight excluding hydrogens is 236 g/mol. The van der Waals surface area contributed by atoms with Crippen LogP contribution in [0, 0.1) is 18.6 Å². The first kappa shape index (κ1) is 12.7. The van der Waals surface area contributed by atoms with E-state index in [1.165, 1.54) is 12.1 Å². The lowest BCUT2D eigenvalue weighted by Gasteiger charge is -2.04. The highest BCUT2D eigenvalue weighted by molar-refractivity contribution is 5.19. The van der Waals surface area contributed by atoms with Crippen LogP contribution in [0.2, 0.25) is 0 Å². The molecule has 0 atom stereocenters. The smallest absolute Gasteiger partial charge is 0.126 e. The molecule has 0 amide bonds. The standard InChI is InChI=1S/C13H15F2N3/c1-9-11(8-18(2)17-9)7-16-6-10-3-12(14)5-13(15)4-10/h3-5,8,16H,6-7H2,1-2H3. The Balaban J connectivity index is 1.94. The number of hydrogen-bond acceptors (Lipinski definition) is 2. The molecule has 3 nitrogen and oxygen atoms in total. The van der Waals surface area contributed by atoms with E-state index in [2.05, 4.69) is 10.4 Å². The van der Waals surface area contributed by atoms with Gasteiger partial charge in [-0.25, -0.2) is 8.78 Å². The third-order valence-corrected chi connectivity index (χ3v) is 2.68. The zero-order chi connectivity index (χ0) is 13.1. The second kappa shape index (κ2) is 5.27. The molecule has 5 heteroatoms. The average molecular weight is 251 g/mol. The van der Waals surface area contributed by atoms with Crippen molar-refractivity contribution < 1.29 is 8.78 Å². The van der Waals surface area contributed by atoms with Gasteiger partial charge in [-0.05, 0) is 24.6 Å². The van der Waals surface area contributed by atoms with Crippen LogP contribution in [0.1, 0.15) is 16.8 Å². The second-order valence-corrected chi connectivity index (χ2v) is 4.29. The molecule has 2 rings (SSSR count). The van der Waals surface area contributed by atoms with Gasteiger partial charge in [0.15, 0.2) is 0 Å². The summed E-state index contributed by atoms with van der Waals surface area (Å²) in [6.07, 6.45) is 1.93. The number of benzene rings is 1. The molecule has 0 aliphatic rings. The monoisotopic (exact) mass is 251 g/mol.